The molecule has 1 N–H and O–H groups in total. The van der Waals surface area contributed by atoms with Crippen molar-refractivity contribution in [2.24, 2.45) is 0 Å². The minimum atomic E-state index is -0.451. The highest BCUT2D eigenvalue weighted by atomic mass is 19.1. The minimum Gasteiger partial charge on any atom is -0.319 e. The van der Waals surface area contributed by atoms with Crippen LogP contribution in [0.3, 0.4) is 0 Å². The zero-order chi connectivity index (χ0) is 11.1. The molecule has 0 unspecified atom stereocenters. The fraction of sp³-hybridized carbons (Fsp3) is 0.250. The second-order valence-corrected chi connectivity index (χ2v) is 3.16. The minimum absolute atomic E-state index is 0.103. The Hall–Kier alpha value is -1.48. The largest absolute Gasteiger partial charge is 0.319 e. The van der Waals surface area contributed by atoms with Crippen LogP contribution in [0.5, 0.6) is 0 Å². The summed E-state index contributed by atoms with van der Waals surface area (Å²) in [5, 5.41) is 2.99. The second kappa shape index (κ2) is 6.09. The van der Waals surface area contributed by atoms with E-state index in [4.69, 9.17) is 0 Å². The molecule has 1 rings (SSSR count). The Kier molecular flexibility index (Phi) is 4.71. The summed E-state index contributed by atoms with van der Waals surface area (Å²) in [6.45, 7) is 0.853. The van der Waals surface area contributed by atoms with Crippen molar-refractivity contribution >= 4 is 12.4 Å². The van der Waals surface area contributed by atoms with E-state index in [-0.39, 0.29) is 5.56 Å². The molecule has 1 aromatic carbocycles. The maximum absolute atomic E-state index is 13.5. The standard InChI is InChI=1S/C12H14FNO/c1-14-8-3-2-5-10-6-4-7-11(9-15)12(10)13/h2,4-7,9,14H,3,8H2,1H3. The third kappa shape index (κ3) is 3.29. The van der Waals surface area contributed by atoms with Crippen LogP contribution in [-0.2, 0) is 0 Å². The SMILES string of the molecule is CNCCC=Cc1cccc(C=O)c1F. The number of nitrogens with one attached hydrogen (secondary N) is 1. The van der Waals surface area contributed by atoms with Gasteiger partial charge in [0.05, 0.1) is 5.56 Å². The number of hydrogen-bond acceptors (Lipinski definition) is 2. The van der Waals surface area contributed by atoms with E-state index >= 15 is 0 Å². The molecule has 0 aliphatic rings. The second-order valence-electron chi connectivity index (χ2n) is 3.16. The summed E-state index contributed by atoms with van der Waals surface area (Å²) in [4.78, 5) is 10.5. The summed E-state index contributed by atoms with van der Waals surface area (Å²) in [7, 11) is 1.86. The molecule has 3 heteroatoms. The average Bonchev–Trinajstić information content (AvgIpc) is 2.26. The van der Waals surface area contributed by atoms with Crippen LogP contribution in [0.15, 0.2) is 24.3 Å². The van der Waals surface area contributed by atoms with Gasteiger partial charge in [0.1, 0.15) is 5.82 Å². The predicted molar refractivity (Wildman–Crippen MR) is 59.4 cm³/mol. The highest BCUT2D eigenvalue weighted by Crippen LogP contribution is 2.12. The van der Waals surface area contributed by atoms with E-state index in [9.17, 15) is 9.18 Å². The number of halogens is 1. The van der Waals surface area contributed by atoms with Gasteiger partial charge >= 0.3 is 0 Å². The van der Waals surface area contributed by atoms with Crippen molar-refractivity contribution in [2.75, 3.05) is 13.6 Å². The highest BCUT2D eigenvalue weighted by molar-refractivity contribution is 5.76. The predicted octanol–water partition coefficient (Wildman–Crippen LogP) is 2.26. The van der Waals surface area contributed by atoms with Crippen LogP contribution >= 0.6 is 0 Å². The van der Waals surface area contributed by atoms with E-state index < -0.39 is 5.82 Å². The highest BCUT2D eigenvalue weighted by Gasteiger charge is 2.03. The normalized spacial score (nSPS) is 10.8. The molecule has 0 spiro atoms. The van der Waals surface area contributed by atoms with Gasteiger partial charge in [0.2, 0.25) is 0 Å². The van der Waals surface area contributed by atoms with Gasteiger partial charge in [-0.05, 0) is 26.1 Å². The first-order chi connectivity index (χ1) is 7.29. The molecule has 0 aliphatic heterocycles. The lowest BCUT2D eigenvalue weighted by molar-refractivity contribution is 0.112. The average molecular weight is 207 g/mol. The molecular formula is C12H14FNO. The first-order valence-corrected chi connectivity index (χ1v) is 4.84. The van der Waals surface area contributed by atoms with Gasteiger partial charge in [-0.15, -0.1) is 0 Å². The summed E-state index contributed by atoms with van der Waals surface area (Å²) >= 11 is 0. The summed E-state index contributed by atoms with van der Waals surface area (Å²) in [6, 6.07) is 4.79. The molecule has 0 heterocycles. The topological polar surface area (TPSA) is 29.1 Å². The monoisotopic (exact) mass is 207 g/mol. The Morgan fingerprint density at radius 1 is 1.40 bits per heavy atom. The Morgan fingerprint density at radius 2 is 2.13 bits per heavy atom. The molecule has 0 aromatic heterocycles. The first-order valence-electron chi connectivity index (χ1n) is 4.84. The van der Waals surface area contributed by atoms with Gasteiger partial charge in [-0.2, -0.15) is 0 Å². The van der Waals surface area contributed by atoms with Crippen LogP contribution in [0, 0.1) is 5.82 Å². The zero-order valence-electron chi connectivity index (χ0n) is 8.66. The van der Waals surface area contributed by atoms with Gasteiger partial charge in [0.25, 0.3) is 0 Å². The number of carbonyl (C=O) groups excluding carboxylic acids is 1. The Labute approximate surface area is 88.8 Å². The molecule has 0 saturated heterocycles. The van der Waals surface area contributed by atoms with E-state index in [1.165, 1.54) is 6.07 Å². The molecule has 0 bridgehead atoms. The maximum atomic E-state index is 13.5. The Bertz CT molecular complexity index is 361. The van der Waals surface area contributed by atoms with E-state index in [1.54, 1.807) is 18.2 Å². The molecule has 15 heavy (non-hydrogen) atoms. The lowest BCUT2D eigenvalue weighted by Gasteiger charge is -1.99. The van der Waals surface area contributed by atoms with Crippen LogP contribution in [0.2, 0.25) is 0 Å². The van der Waals surface area contributed by atoms with Crippen LogP contribution in [-0.4, -0.2) is 19.9 Å². The number of hydrogen-bond donors (Lipinski definition) is 1. The Balaban J connectivity index is 2.76. The van der Waals surface area contributed by atoms with Crippen molar-refractivity contribution in [1.82, 2.24) is 5.32 Å². The fourth-order valence-corrected chi connectivity index (χ4v) is 1.23. The van der Waals surface area contributed by atoms with Gasteiger partial charge in [-0.25, -0.2) is 4.39 Å². The summed E-state index contributed by atoms with van der Waals surface area (Å²) in [5.74, 6) is -0.451. The van der Waals surface area contributed by atoms with Crippen LogP contribution in [0.4, 0.5) is 4.39 Å². The van der Waals surface area contributed by atoms with Gasteiger partial charge in [0, 0.05) is 5.56 Å². The quantitative estimate of drug-likeness (QED) is 0.592. The van der Waals surface area contributed by atoms with Crippen LogP contribution < -0.4 is 5.32 Å². The van der Waals surface area contributed by atoms with Crippen molar-refractivity contribution in [3.8, 4) is 0 Å². The summed E-state index contributed by atoms with van der Waals surface area (Å²) in [5.41, 5.74) is 0.557. The Morgan fingerprint density at radius 3 is 2.80 bits per heavy atom. The molecule has 1 aromatic rings. The molecule has 80 valence electrons. The molecule has 0 atom stereocenters. The number of rotatable bonds is 5. The van der Waals surface area contributed by atoms with Gasteiger partial charge < -0.3 is 5.32 Å². The zero-order valence-corrected chi connectivity index (χ0v) is 8.66. The number of aldehydes is 1. The van der Waals surface area contributed by atoms with Crippen molar-refractivity contribution in [3.05, 3.63) is 41.2 Å². The summed E-state index contributed by atoms with van der Waals surface area (Å²) < 4.78 is 13.5. The molecule has 2 nitrogen and oxygen atoms in total. The van der Waals surface area contributed by atoms with Crippen LogP contribution in [0.1, 0.15) is 22.3 Å². The van der Waals surface area contributed by atoms with Crippen molar-refractivity contribution < 1.29 is 9.18 Å². The fourth-order valence-electron chi connectivity index (χ4n) is 1.23. The third-order valence-electron chi connectivity index (χ3n) is 2.04. The van der Waals surface area contributed by atoms with Crippen LogP contribution in [0.25, 0.3) is 6.08 Å². The molecule has 0 amide bonds. The van der Waals surface area contributed by atoms with Gasteiger partial charge in [-0.1, -0.05) is 24.3 Å². The van der Waals surface area contributed by atoms with E-state index in [2.05, 4.69) is 5.32 Å². The van der Waals surface area contributed by atoms with E-state index in [0.29, 0.717) is 11.8 Å². The lowest BCUT2D eigenvalue weighted by atomic mass is 10.1. The van der Waals surface area contributed by atoms with E-state index in [0.717, 1.165) is 13.0 Å². The van der Waals surface area contributed by atoms with Gasteiger partial charge in [-0.3, -0.25) is 4.79 Å². The van der Waals surface area contributed by atoms with Crippen molar-refractivity contribution in [2.45, 2.75) is 6.42 Å². The maximum Gasteiger partial charge on any atom is 0.153 e. The number of benzene rings is 1. The number of carbonyl (C=O) groups is 1. The van der Waals surface area contributed by atoms with Crippen molar-refractivity contribution in [3.63, 3.8) is 0 Å². The first kappa shape index (κ1) is 11.6. The van der Waals surface area contributed by atoms with Gasteiger partial charge in [0.15, 0.2) is 6.29 Å². The third-order valence-corrected chi connectivity index (χ3v) is 2.04. The lowest BCUT2D eigenvalue weighted by Crippen LogP contribution is -2.05. The summed E-state index contributed by atoms with van der Waals surface area (Å²) in [6.07, 6.45) is 4.94. The molecule has 0 aliphatic carbocycles. The molecule has 0 fully saturated rings. The smallest absolute Gasteiger partial charge is 0.153 e. The molecular weight excluding hydrogens is 193 g/mol. The molecule has 0 radical (unpaired) electrons. The van der Waals surface area contributed by atoms with E-state index in [1.807, 2.05) is 13.1 Å². The van der Waals surface area contributed by atoms with Crippen molar-refractivity contribution in [1.29, 1.82) is 0 Å². The molecule has 0 saturated carbocycles.